The number of carbonyl (C=O) groups is 1. The summed E-state index contributed by atoms with van der Waals surface area (Å²) in [6, 6.07) is 4.75. The predicted molar refractivity (Wildman–Crippen MR) is 94.7 cm³/mol. The number of anilines is 1. The zero-order valence-corrected chi connectivity index (χ0v) is 15.8. The van der Waals surface area contributed by atoms with Gasteiger partial charge in [-0.05, 0) is 31.5 Å². The summed E-state index contributed by atoms with van der Waals surface area (Å²) in [5, 5.41) is 0. The molecule has 0 aromatic heterocycles. The molecule has 1 amide bonds. The summed E-state index contributed by atoms with van der Waals surface area (Å²) in [6.45, 7) is 3.54. The lowest BCUT2D eigenvalue weighted by atomic mass is 10.2. The van der Waals surface area contributed by atoms with Gasteiger partial charge in [0.15, 0.2) is 5.79 Å². The fourth-order valence-corrected chi connectivity index (χ4v) is 4.37. The van der Waals surface area contributed by atoms with Crippen molar-refractivity contribution < 1.29 is 27.4 Å². The molecule has 2 aliphatic rings. The number of carbonyl (C=O) groups excluding carboxylic acids is 1. The van der Waals surface area contributed by atoms with Gasteiger partial charge in [0, 0.05) is 31.6 Å². The van der Waals surface area contributed by atoms with Gasteiger partial charge in [0.1, 0.15) is 10.6 Å². The molecule has 2 heterocycles. The van der Waals surface area contributed by atoms with Crippen molar-refractivity contribution in [3.05, 3.63) is 18.2 Å². The van der Waals surface area contributed by atoms with Crippen LogP contribution < -0.4 is 14.4 Å². The predicted octanol–water partition coefficient (Wildman–Crippen LogP) is 1.25. The Bertz CT molecular complexity index is 773. The van der Waals surface area contributed by atoms with Crippen LogP contribution in [0.5, 0.6) is 5.75 Å². The standard InChI is InChI=1S/C17H24N2O6S/c1-17(24-10-11-25-17)7-8-18-26(21,22)15-12-13(5-6-14(15)23-2)19-9-3-4-16(19)20/h5-6,12,18H,3-4,7-11H2,1-2H3. The highest BCUT2D eigenvalue weighted by atomic mass is 32.2. The van der Waals surface area contributed by atoms with Crippen LogP contribution in [0.2, 0.25) is 0 Å². The zero-order chi connectivity index (χ0) is 18.8. The Balaban J connectivity index is 1.77. The number of ether oxygens (including phenoxy) is 3. The van der Waals surface area contributed by atoms with E-state index in [0.717, 1.165) is 6.42 Å². The van der Waals surface area contributed by atoms with Crippen LogP contribution in [0.1, 0.15) is 26.2 Å². The third-order valence-corrected chi connectivity index (χ3v) is 6.07. The van der Waals surface area contributed by atoms with Gasteiger partial charge in [-0.2, -0.15) is 0 Å². The number of nitrogens with zero attached hydrogens (tertiary/aromatic N) is 1. The van der Waals surface area contributed by atoms with Gasteiger partial charge in [-0.15, -0.1) is 0 Å². The van der Waals surface area contributed by atoms with Gasteiger partial charge in [0.25, 0.3) is 0 Å². The lowest BCUT2D eigenvalue weighted by molar-refractivity contribution is -0.145. The topological polar surface area (TPSA) is 94.2 Å². The molecule has 8 nitrogen and oxygen atoms in total. The van der Waals surface area contributed by atoms with Crippen LogP contribution in [0.4, 0.5) is 5.69 Å². The van der Waals surface area contributed by atoms with E-state index in [1.807, 2.05) is 0 Å². The van der Waals surface area contributed by atoms with E-state index in [9.17, 15) is 13.2 Å². The molecule has 2 fully saturated rings. The summed E-state index contributed by atoms with van der Waals surface area (Å²) in [6.07, 6.45) is 1.63. The molecule has 0 bridgehead atoms. The number of methoxy groups -OCH3 is 1. The van der Waals surface area contributed by atoms with Crippen LogP contribution in [-0.2, 0) is 24.3 Å². The molecule has 0 unspecified atom stereocenters. The Morgan fingerprint density at radius 2 is 2.04 bits per heavy atom. The molecule has 9 heteroatoms. The average molecular weight is 384 g/mol. The van der Waals surface area contributed by atoms with Gasteiger partial charge in [0.05, 0.1) is 20.3 Å². The largest absolute Gasteiger partial charge is 0.495 e. The van der Waals surface area contributed by atoms with E-state index in [0.29, 0.717) is 38.3 Å². The highest BCUT2D eigenvalue weighted by Gasteiger charge is 2.31. The number of nitrogens with one attached hydrogen (secondary N) is 1. The first-order valence-corrected chi connectivity index (χ1v) is 10.1. The van der Waals surface area contributed by atoms with Crippen LogP contribution in [0.3, 0.4) is 0 Å². The van der Waals surface area contributed by atoms with Crippen molar-refractivity contribution in [3.63, 3.8) is 0 Å². The smallest absolute Gasteiger partial charge is 0.244 e. The molecule has 0 saturated carbocycles. The Hall–Kier alpha value is -1.68. The monoisotopic (exact) mass is 384 g/mol. The van der Waals surface area contributed by atoms with E-state index in [1.54, 1.807) is 24.0 Å². The lowest BCUT2D eigenvalue weighted by Gasteiger charge is -2.22. The second kappa shape index (κ2) is 7.51. The van der Waals surface area contributed by atoms with Crippen molar-refractivity contribution in [2.45, 2.75) is 36.9 Å². The third kappa shape index (κ3) is 4.01. The zero-order valence-electron chi connectivity index (χ0n) is 15.0. The molecule has 0 radical (unpaired) electrons. The molecule has 1 aromatic carbocycles. The van der Waals surface area contributed by atoms with Crippen LogP contribution in [0.15, 0.2) is 23.1 Å². The van der Waals surface area contributed by atoms with Crippen molar-refractivity contribution in [2.24, 2.45) is 0 Å². The molecule has 1 aromatic rings. The molecular formula is C17H24N2O6S. The fourth-order valence-electron chi connectivity index (χ4n) is 3.16. The third-order valence-electron chi connectivity index (χ3n) is 4.59. The summed E-state index contributed by atoms with van der Waals surface area (Å²) in [7, 11) is -2.40. The first-order valence-electron chi connectivity index (χ1n) is 8.61. The quantitative estimate of drug-likeness (QED) is 0.760. The SMILES string of the molecule is COc1ccc(N2CCCC2=O)cc1S(=O)(=O)NCCC1(C)OCCO1. The second-order valence-electron chi connectivity index (χ2n) is 6.46. The van der Waals surface area contributed by atoms with Gasteiger partial charge in [0.2, 0.25) is 15.9 Å². The van der Waals surface area contributed by atoms with Crippen molar-refractivity contribution in [1.82, 2.24) is 4.72 Å². The van der Waals surface area contributed by atoms with Crippen molar-refractivity contribution in [2.75, 3.05) is 38.3 Å². The first kappa shape index (κ1) is 19.1. The highest BCUT2D eigenvalue weighted by Crippen LogP contribution is 2.31. The number of rotatable bonds is 7. The molecule has 3 rings (SSSR count). The minimum Gasteiger partial charge on any atom is -0.495 e. The van der Waals surface area contributed by atoms with E-state index >= 15 is 0 Å². The minimum absolute atomic E-state index is 0.00469. The molecule has 26 heavy (non-hydrogen) atoms. The molecule has 0 aliphatic carbocycles. The Morgan fingerprint density at radius 1 is 1.31 bits per heavy atom. The Kier molecular flexibility index (Phi) is 5.52. The Labute approximate surface area is 153 Å². The average Bonchev–Trinajstić information content (AvgIpc) is 3.23. The number of hydrogen-bond donors (Lipinski definition) is 1. The van der Waals surface area contributed by atoms with Crippen LogP contribution in [0.25, 0.3) is 0 Å². The fraction of sp³-hybridized carbons (Fsp3) is 0.588. The molecule has 2 saturated heterocycles. The molecule has 2 aliphatic heterocycles. The van der Waals surface area contributed by atoms with E-state index < -0.39 is 15.8 Å². The first-order chi connectivity index (χ1) is 12.3. The summed E-state index contributed by atoms with van der Waals surface area (Å²) in [4.78, 5) is 13.6. The van der Waals surface area contributed by atoms with Gasteiger partial charge < -0.3 is 19.1 Å². The second-order valence-corrected chi connectivity index (χ2v) is 8.20. The molecule has 0 spiro atoms. The van der Waals surface area contributed by atoms with Crippen LogP contribution in [0, 0.1) is 0 Å². The molecule has 144 valence electrons. The Morgan fingerprint density at radius 3 is 2.65 bits per heavy atom. The summed E-state index contributed by atoms with van der Waals surface area (Å²) in [5.74, 6) is -0.543. The van der Waals surface area contributed by atoms with E-state index in [4.69, 9.17) is 14.2 Å². The van der Waals surface area contributed by atoms with Gasteiger partial charge in [-0.1, -0.05) is 0 Å². The van der Waals surface area contributed by atoms with E-state index in [2.05, 4.69) is 4.72 Å². The van der Waals surface area contributed by atoms with Crippen molar-refractivity contribution in [1.29, 1.82) is 0 Å². The summed E-state index contributed by atoms with van der Waals surface area (Å²) >= 11 is 0. The highest BCUT2D eigenvalue weighted by molar-refractivity contribution is 7.89. The van der Waals surface area contributed by atoms with Crippen molar-refractivity contribution >= 4 is 21.6 Å². The van der Waals surface area contributed by atoms with Gasteiger partial charge in [-0.3, -0.25) is 4.79 Å². The molecular weight excluding hydrogens is 360 g/mol. The lowest BCUT2D eigenvalue weighted by Crippen LogP contribution is -2.34. The van der Waals surface area contributed by atoms with Gasteiger partial charge >= 0.3 is 0 Å². The number of amides is 1. The molecule has 1 N–H and O–H groups in total. The number of benzene rings is 1. The van der Waals surface area contributed by atoms with Crippen molar-refractivity contribution in [3.8, 4) is 5.75 Å². The maximum atomic E-state index is 12.8. The summed E-state index contributed by atoms with van der Waals surface area (Å²) < 4.78 is 44.2. The maximum Gasteiger partial charge on any atom is 0.244 e. The van der Waals surface area contributed by atoms with Gasteiger partial charge in [-0.25, -0.2) is 13.1 Å². The number of hydrogen-bond acceptors (Lipinski definition) is 6. The summed E-state index contributed by atoms with van der Waals surface area (Å²) in [5.41, 5.74) is 0.558. The van der Waals surface area contributed by atoms with E-state index in [-0.39, 0.29) is 23.1 Å². The van der Waals surface area contributed by atoms with Crippen LogP contribution in [-0.4, -0.2) is 53.5 Å². The minimum atomic E-state index is -3.82. The molecule has 0 atom stereocenters. The normalized spacial score (nSPS) is 19.9. The van der Waals surface area contributed by atoms with Crippen LogP contribution >= 0.6 is 0 Å². The van der Waals surface area contributed by atoms with E-state index in [1.165, 1.54) is 13.2 Å². The maximum absolute atomic E-state index is 12.8. The number of sulfonamides is 1.